The standard InChI is InChI=1S/C17H12BrNO2/c18-12-5-3-6-13(10-12)19-17(21)15-9-8-11-4-1-2-7-14(11)16(15)20/h1-10,20H,(H,19,21). The minimum absolute atomic E-state index is 0.000553. The topological polar surface area (TPSA) is 49.3 Å². The van der Waals surface area contributed by atoms with Crippen molar-refractivity contribution in [3.63, 3.8) is 0 Å². The van der Waals surface area contributed by atoms with Crippen LogP contribution in [0.1, 0.15) is 10.4 Å². The Kier molecular flexibility index (Phi) is 3.62. The number of aromatic hydroxyl groups is 1. The molecule has 104 valence electrons. The molecule has 3 aromatic carbocycles. The second-order valence-electron chi connectivity index (χ2n) is 4.65. The number of hydrogen-bond donors (Lipinski definition) is 2. The van der Waals surface area contributed by atoms with Crippen molar-refractivity contribution in [1.29, 1.82) is 0 Å². The quantitative estimate of drug-likeness (QED) is 0.717. The van der Waals surface area contributed by atoms with Gasteiger partial charge in [0.2, 0.25) is 0 Å². The monoisotopic (exact) mass is 341 g/mol. The van der Waals surface area contributed by atoms with Gasteiger partial charge in [0.05, 0.1) is 5.56 Å². The van der Waals surface area contributed by atoms with E-state index in [1.807, 2.05) is 36.4 Å². The third kappa shape index (κ3) is 2.76. The van der Waals surface area contributed by atoms with Crippen LogP contribution in [-0.2, 0) is 0 Å². The van der Waals surface area contributed by atoms with Crippen molar-refractivity contribution in [3.8, 4) is 5.75 Å². The summed E-state index contributed by atoms with van der Waals surface area (Å²) in [6.45, 7) is 0. The molecule has 0 aromatic heterocycles. The average Bonchev–Trinajstić information content (AvgIpc) is 2.48. The summed E-state index contributed by atoms with van der Waals surface area (Å²) in [5.74, 6) is -0.336. The number of phenolic OH excluding ortho intramolecular Hbond substituents is 1. The first-order valence-electron chi connectivity index (χ1n) is 6.43. The molecule has 4 heteroatoms. The van der Waals surface area contributed by atoms with Crippen molar-refractivity contribution >= 4 is 38.3 Å². The van der Waals surface area contributed by atoms with Crippen molar-refractivity contribution in [1.82, 2.24) is 0 Å². The second kappa shape index (κ2) is 5.58. The maximum Gasteiger partial charge on any atom is 0.259 e. The van der Waals surface area contributed by atoms with Crippen LogP contribution in [0.5, 0.6) is 5.75 Å². The molecular formula is C17H12BrNO2. The van der Waals surface area contributed by atoms with Crippen LogP contribution in [0.15, 0.2) is 65.1 Å². The van der Waals surface area contributed by atoms with E-state index in [0.717, 1.165) is 9.86 Å². The Bertz CT molecular complexity index is 830. The summed E-state index contributed by atoms with van der Waals surface area (Å²) in [5.41, 5.74) is 0.926. The lowest BCUT2D eigenvalue weighted by Crippen LogP contribution is -2.12. The number of halogens is 1. The van der Waals surface area contributed by atoms with Gasteiger partial charge in [-0.15, -0.1) is 0 Å². The minimum atomic E-state index is -0.337. The molecule has 3 nitrogen and oxygen atoms in total. The van der Waals surface area contributed by atoms with E-state index in [9.17, 15) is 9.90 Å². The Morgan fingerprint density at radius 3 is 2.62 bits per heavy atom. The molecule has 0 spiro atoms. The summed E-state index contributed by atoms with van der Waals surface area (Å²) in [6.07, 6.45) is 0. The molecule has 1 amide bonds. The summed E-state index contributed by atoms with van der Waals surface area (Å²) < 4.78 is 0.878. The van der Waals surface area contributed by atoms with E-state index >= 15 is 0 Å². The molecule has 3 aromatic rings. The second-order valence-corrected chi connectivity index (χ2v) is 5.56. The fourth-order valence-corrected chi connectivity index (χ4v) is 2.60. The van der Waals surface area contributed by atoms with Gasteiger partial charge in [-0.05, 0) is 29.7 Å². The van der Waals surface area contributed by atoms with Crippen LogP contribution in [0, 0.1) is 0 Å². The molecule has 0 fully saturated rings. The molecule has 0 heterocycles. The Labute approximate surface area is 130 Å². The number of anilines is 1. The molecule has 0 saturated carbocycles. The van der Waals surface area contributed by atoms with E-state index in [2.05, 4.69) is 21.2 Å². The molecule has 0 aliphatic carbocycles. The first-order chi connectivity index (χ1) is 10.1. The highest BCUT2D eigenvalue weighted by atomic mass is 79.9. The fourth-order valence-electron chi connectivity index (χ4n) is 2.20. The number of fused-ring (bicyclic) bond motifs is 1. The van der Waals surface area contributed by atoms with Gasteiger partial charge >= 0.3 is 0 Å². The zero-order chi connectivity index (χ0) is 14.8. The van der Waals surface area contributed by atoms with Crippen LogP contribution < -0.4 is 5.32 Å². The average molecular weight is 342 g/mol. The lowest BCUT2D eigenvalue weighted by Gasteiger charge is -2.09. The fraction of sp³-hybridized carbons (Fsp3) is 0. The number of rotatable bonds is 2. The normalized spacial score (nSPS) is 10.5. The van der Waals surface area contributed by atoms with Crippen LogP contribution in [0.4, 0.5) is 5.69 Å². The smallest absolute Gasteiger partial charge is 0.259 e. The van der Waals surface area contributed by atoms with Gasteiger partial charge in [-0.25, -0.2) is 0 Å². The van der Waals surface area contributed by atoms with E-state index < -0.39 is 0 Å². The Balaban J connectivity index is 1.96. The number of phenols is 1. The highest BCUT2D eigenvalue weighted by molar-refractivity contribution is 9.10. The lowest BCUT2D eigenvalue weighted by atomic mass is 10.0. The van der Waals surface area contributed by atoms with E-state index in [4.69, 9.17) is 0 Å². The van der Waals surface area contributed by atoms with Crippen molar-refractivity contribution in [2.75, 3.05) is 5.32 Å². The van der Waals surface area contributed by atoms with E-state index in [1.54, 1.807) is 24.3 Å². The largest absolute Gasteiger partial charge is 0.506 e. The number of hydrogen-bond acceptors (Lipinski definition) is 2. The molecule has 0 aliphatic rings. The maximum absolute atomic E-state index is 12.3. The molecular weight excluding hydrogens is 330 g/mol. The maximum atomic E-state index is 12.3. The van der Waals surface area contributed by atoms with Crippen molar-refractivity contribution in [2.45, 2.75) is 0 Å². The van der Waals surface area contributed by atoms with Gasteiger partial charge in [0.1, 0.15) is 5.75 Å². The third-order valence-corrected chi connectivity index (χ3v) is 3.72. The van der Waals surface area contributed by atoms with E-state index in [-0.39, 0.29) is 17.2 Å². The summed E-state index contributed by atoms with van der Waals surface area (Å²) in [7, 11) is 0. The number of benzene rings is 3. The molecule has 21 heavy (non-hydrogen) atoms. The van der Waals surface area contributed by atoms with E-state index in [0.29, 0.717) is 11.1 Å². The predicted molar refractivity (Wildman–Crippen MR) is 87.7 cm³/mol. The number of carbonyl (C=O) groups is 1. The lowest BCUT2D eigenvalue weighted by molar-refractivity contribution is 0.102. The van der Waals surface area contributed by atoms with Gasteiger partial charge in [-0.3, -0.25) is 4.79 Å². The molecule has 0 aliphatic heterocycles. The molecule has 0 atom stereocenters. The minimum Gasteiger partial charge on any atom is -0.506 e. The van der Waals surface area contributed by atoms with Gasteiger partial charge in [-0.1, -0.05) is 52.3 Å². The molecule has 0 bridgehead atoms. The van der Waals surface area contributed by atoms with Gasteiger partial charge in [0.25, 0.3) is 5.91 Å². The predicted octanol–water partition coefficient (Wildman–Crippen LogP) is 4.56. The zero-order valence-corrected chi connectivity index (χ0v) is 12.6. The summed E-state index contributed by atoms with van der Waals surface area (Å²) >= 11 is 3.35. The number of carbonyl (C=O) groups excluding carboxylic acids is 1. The third-order valence-electron chi connectivity index (χ3n) is 3.23. The molecule has 0 saturated heterocycles. The summed E-state index contributed by atoms with van der Waals surface area (Å²) in [4.78, 5) is 12.3. The van der Waals surface area contributed by atoms with Crippen LogP contribution in [0.3, 0.4) is 0 Å². The molecule has 0 radical (unpaired) electrons. The van der Waals surface area contributed by atoms with Gasteiger partial charge in [0, 0.05) is 15.5 Å². The first kappa shape index (κ1) is 13.6. The highest BCUT2D eigenvalue weighted by Crippen LogP contribution is 2.29. The van der Waals surface area contributed by atoms with Gasteiger partial charge in [-0.2, -0.15) is 0 Å². The highest BCUT2D eigenvalue weighted by Gasteiger charge is 2.13. The van der Waals surface area contributed by atoms with Crippen molar-refractivity contribution in [3.05, 3.63) is 70.7 Å². The Hall–Kier alpha value is -2.33. The first-order valence-corrected chi connectivity index (χ1v) is 7.22. The van der Waals surface area contributed by atoms with Crippen LogP contribution in [0.2, 0.25) is 0 Å². The SMILES string of the molecule is O=C(Nc1cccc(Br)c1)c1ccc2ccccc2c1O. The number of nitrogens with one attached hydrogen (secondary N) is 1. The zero-order valence-electron chi connectivity index (χ0n) is 11.0. The van der Waals surface area contributed by atoms with Crippen LogP contribution >= 0.6 is 15.9 Å². The van der Waals surface area contributed by atoms with Crippen LogP contribution in [0.25, 0.3) is 10.8 Å². The Morgan fingerprint density at radius 2 is 1.81 bits per heavy atom. The van der Waals surface area contributed by atoms with Gasteiger partial charge < -0.3 is 10.4 Å². The summed E-state index contributed by atoms with van der Waals surface area (Å²) in [6, 6.07) is 18.2. The van der Waals surface area contributed by atoms with Gasteiger partial charge in [0.15, 0.2) is 0 Å². The Morgan fingerprint density at radius 1 is 1.00 bits per heavy atom. The van der Waals surface area contributed by atoms with E-state index in [1.165, 1.54) is 0 Å². The molecule has 3 rings (SSSR count). The van der Waals surface area contributed by atoms with Crippen LogP contribution in [-0.4, -0.2) is 11.0 Å². The van der Waals surface area contributed by atoms with Crippen molar-refractivity contribution in [2.24, 2.45) is 0 Å². The number of amides is 1. The summed E-state index contributed by atoms with van der Waals surface area (Å²) in [5, 5.41) is 14.6. The van der Waals surface area contributed by atoms with Crippen molar-refractivity contribution < 1.29 is 9.90 Å². The molecule has 2 N–H and O–H groups in total. The molecule has 0 unspecified atom stereocenters.